The van der Waals surface area contributed by atoms with E-state index in [0.29, 0.717) is 0 Å². The van der Waals surface area contributed by atoms with Crippen LogP contribution in [0.1, 0.15) is 12.8 Å². The highest BCUT2D eigenvalue weighted by molar-refractivity contribution is 5.75. The van der Waals surface area contributed by atoms with Crippen LogP contribution in [-0.4, -0.2) is 76.0 Å². The maximum atomic E-state index is 11.3. The van der Waals surface area contributed by atoms with Gasteiger partial charge >= 0.3 is 0 Å². The SMILES string of the molecule is CN(C)C(=O)CC[C@@]1(O)OC[C@@H](O)[C@@H](O)[C@@H]1O. The van der Waals surface area contributed by atoms with Crippen LogP contribution in [0.25, 0.3) is 0 Å². The Hall–Kier alpha value is -0.730. The highest BCUT2D eigenvalue weighted by Gasteiger charge is 2.48. The lowest BCUT2D eigenvalue weighted by Crippen LogP contribution is -2.61. The van der Waals surface area contributed by atoms with Gasteiger partial charge < -0.3 is 30.1 Å². The third kappa shape index (κ3) is 3.14. The molecule has 0 unspecified atom stereocenters. The van der Waals surface area contributed by atoms with Gasteiger partial charge in [-0.1, -0.05) is 0 Å². The Labute approximate surface area is 99.2 Å². The topological polar surface area (TPSA) is 110 Å². The second-order valence-electron chi connectivity index (χ2n) is 4.45. The minimum Gasteiger partial charge on any atom is -0.388 e. The number of aliphatic hydroxyl groups excluding tert-OH is 3. The molecule has 0 radical (unpaired) electrons. The summed E-state index contributed by atoms with van der Waals surface area (Å²) in [5.41, 5.74) is 0. The number of rotatable bonds is 3. The average molecular weight is 249 g/mol. The second-order valence-corrected chi connectivity index (χ2v) is 4.45. The predicted octanol–water partition coefficient (Wildman–Crippen LogP) is -2.34. The molecule has 0 aromatic rings. The summed E-state index contributed by atoms with van der Waals surface area (Å²) in [6, 6.07) is 0. The molecule has 100 valence electrons. The minimum absolute atomic E-state index is 0.0244. The first kappa shape index (κ1) is 14.3. The fourth-order valence-corrected chi connectivity index (χ4v) is 1.62. The molecule has 4 N–H and O–H groups in total. The van der Waals surface area contributed by atoms with Crippen LogP contribution in [0.4, 0.5) is 0 Å². The van der Waals surface area contributed by atoms with Crippen molar-refractivity contribution in [3.8, 4) is 0 Å². The Morgan fingerprint density at radius 2 is 2.00 bits per heavy atom. The molecule has 17 heavy (non-hydrogen) atoms. The van der Waals surface area contributed by atoms with Crippen molar-refractivity contribution in [1.82, 2.24) is 4.90 Å². The molecule has 7 nitrogen and oxygen atoms in total. The van der Waals surface area contributed by atoms with Gasteiger partial charge in [0.25, 0.3) is 0 Å². The zero-order valence-corrected chi connectivity index (χ0v) is 9.91. The lowest BCUT2D eigenvalue weighted by molar-refractivity contribution is -0.323. The van der Waals surface area contributed by atoms with Gasteiger partial charge in [0.15, 0.2) is 5.79 Å². The second kappa shape index (κ2) is 5.28. The summed E-state index contributed by atoms with van der Waals surface area (Å²) >= 11 is 0. The fraction of sp³-hybridized carbons (Fsp3) is 0.900. The molecule has 0 aromatic heterocycles. The molecule has 7 heteroatoms. The molecular formula is C10H19NO6. The highest BCUT2D eigenvalue weighted by Crippen LogP contribution is 2.28. The number of nitrogens with zero attached hydrogens (tertiary/aromatic N) is 1. The lowest BCUT2D eigenvalue weighted by Gasteiger charge is -2.41. The summed E-state index contributed by atoms with van der Waals surface area (Å²) in [6.07, 6.45) is -4.53. The van der Waals surface area contributed by atoms with Gasteiger partial charge in [0.1, 0.15) is 18.3 Å². The maximum absolute atomic E-state index is 11.3. The molecule has 0 spiro atoms. The van der Waals surface area contributed by atoms with E-state index < -0.39 is 24.1 Å². The molecule has 1 aliphatic heterocycles. The first-order valence-corrected chi connectivity index (χ1v) is 5.38. The normalized spacial score (nSPS) is 37.9. The van der Waals surface area contributed by atoms with Crippen LogP contribution in [0.2, 0.25) is 0 Å². The van der Waals surface area contributed by atoms with Crippen molar-refractivity contribution in [2.75, 3.05) is 20.7 Å². The van der Waals surface area contributed by atoms with E-state index in [1.54, 1.807) is 14.1 Å². The quantitative estimate of drug-likeness (QED) is 0.446. The first-order chi connectivity index (χ1) is 7.78. The number of amides is 1. The molecule has 1 saturated heterocycles. The van der Waals surface area contributed by atoms with Gasteiger partial charge in [-0.05, 0) is 0 Å². The molecule has 1 aliphatic rings. The van der Waals surface area contributed by atoms with Crippen molar-refractivity contribution in [2.24, 2.45) is 0 Å². The standard InChI is InChI=1S/C10H19NO6/c1-11(2)7(13)3-4-10(16)9(15)8(14)6(12)5-17-10/h6,8-9,12,14-16H,3-5H2,1-2H3/t6-,8-,9+,10-/m1/s1. The van der Waals surface area contributed by atoms with Gasteiger partial charge in [-0.25, -0.2) is 0 Å². The minimum atomic E-state index is -2.00. The van der Waals surface area contributed by atoms with E-state index in [0.717, 1.165) is 0 Å². The number of ether oxygens (including phenoxy) is 1. The van der Waals surface area contributed by atoms with Crippen LogP contribution >= 0.6 is 0 Å². The summed E-state index contributed by atoms with van der Waals surface area (Å²) in [7, 11) is 3.15. The van der Waals surface area contributed by atoms with E-state index in [4.69, 9.17) is 4.74 Å². The third-order valence-electron chi connectivity index (χ3n) is 2.88. The molecule has 1 fully saturated rings. The third-order valence-corrected chi connectivity index (χ3v) is 2.88. The Balaban J connectivity index is 2.59. The van der Waals surface area contributed by atoms with Crippen molar-refractivity contribution >= 4 is 5.91 Å². The summed E-state index contributed by atoms with van der Waals surface area (Å²) in [4.78, 5) is 12.7. The molecule has 0 aliphatic carbocycles. The highest BCUT2D eigenvalue weighted by atomic mass is 16.6. The number of aliphatic hydroxyl groups is 4. The Morgan fingerprint density at radius 3 is 2.53 bits per heavy atom. The maximum Gasteiger partial charge on any atom is 0.222 e. The summed E-state index contributed by atoms with van der Waals surface area (Å²) < 4.78 is 4.92. The Bertz CT molecular complexity index is 284. The van der Waals surface area contributed by atoms with Gasteiger partial charge in [-0.2, -0.15) is 0 Å². The van der Waals surface area contributed by atoms with Crippen LogP contribution < -0.4 is 0 Å². The Morgan fingerprint density at radius 1 is 1.41 bits per heavy atom. The van der Waals surface area contributed by atoms with Crippen LogP contribution in [0.3, 0.4) is 0 Å². The van der Waals surface area contributed by atoms with Crippen LogP contribution in [0.15, 0.2) is 0 Å². The van der Waals surface area contributed by atoms with Crippen molar-refractivity contribution < 1.29 is 30.0 Å². The summed E-state index contributed by atoms with van der Waals surface area (Å²) in [6.45, 7) is -0.287. The molecule has 1 amide bonds. The summed E-state index contributed by atoms with van der Waals surface area (Å²) in [5, 5.41) is 38.2. The smallest absolute Gasteiger partial charge is 0.222 e. The van der Waals surface area contributed by atoms with Crippen LogP contribution in [-0.2, 0) is 9.53 Å². The van der Waals surface area contributed by atoms with E-state index in [-0.39, 0.29) is 25.4 Å². The molecule has 1 heterocycles. The van der Waals surface area contributed by atoms with Crippen molar-refractivity contribution in [3.05, 3.63) is 0 Å². The first-order valence-electron chi connectivity index (χ1n) is 5.38. The lowest BCUT2D eigenvalue weighted by atomic mass is 9.93. The molecule has 0 aromatic carbocycles. The number of hydrogen-bond acceptors (Lipinski definition) is 6. The molecule has 1 rings (SSSR count). The number of hydrogen-bond donors (Lipinski definition) is 4. The zero-order chi connectivity index (χ0) is 13.2. The molecule has 0 bridgehead atoms. The molecule has 0 saturated carbocycles. The molecule has 4 atom stereocenters. The van der Waals surface area contributed by atoms with E-state index in [2.05, 4.69) is 0 Å². The predicted molar refractivity (Wildman–Crippen MR) is 56.9 cm³/mol. The molecular weight excluding hydrogens is 230 g/mol. The van der Waals surface area contributed by atoms with Crippen LogP contribution in [0, 0.1) is 0 Å². The van der Waals surface area contributed by atoms with Gasteiger partial charge in [0.05, 0.1) is 6.61 Å². The fourth-order valence-electron chi connectivity index (χ4n) is 1.62. The number of carbonyl (C=O) groups is 1. The van der Waals surface area contributed by atoms with Crippen molar-refractivity contribution in [3.63, 3.8) is 0 Å². The summed E-state index contributed by atoms with van der Waals surface area (Å²) in [5.74, 6) is -2.22. The van der Waals surface area contributed by atoms with Gasteiger partial charge in [0.2, 0.25) is 5.91 Å². The van der Waals surface area contributed by atoms with E-state index in [1.807, 2.05) is 0 Å². The monoisotopic (exact) mass is 249 g/mol. The van der Waals surface area contributed by atoms with Gasteiger partial charge in [-0.3, -0.25) is 4.79 Å². The average Bonchev–Trinajstić information content (AvgIpc) is 2.29. The largest absolute Gasteiger partial charge is 0.388 e. The van der Waals surface area contributed by atoms with Gasteiger partial charge in [-0.15, -0.1) is 0 Å². The van der Waals surface area contributed by atoms with E-state index in [1.165, 1.54) is 4.90 Å². The van der Waals surface area contributed by atoms with Crippen LogP contribution in [0.5, 0.6) is 0 Å². The van der Waals surface area contributed by atoms with Gasteiger partial charge in [0, 0.05) is 26.9 Å². The van der Waals surface area contributed by atoms with E-state index >= 15 is 0 Å². The number of carbonyl (C=O) groups excluding carboxylic acids is 1. The van der Waals surface area contributed by atoms with Crippen molar-refractivity contribution in [2.45, 2.75) is 36.9 Å². The Kier molecular flexibility index (Phi) is 4.45. The van der Waals surface area contributed by atoms with E-state index in [9.17, 15) is 25.2 Å². The zero-order valence-electron chi connectivity index (χ0n) is 9.91. The van der Waals surface area contributed by atoms with Crippen molar-refractivity contribution in [1.29, 1.82) is 0 Å².